The van der Waals surface area contributed by atoms with Gasteiger partial charge in [-0.05, 0) is 19.3 Å². The molecule has 1 amide bonds. The van der Waals surface area contributed by atoms with Crippen LogP contribution in [0.3, 0.4) is 0 Å². The van der Waals surface area contributed by atoms with E-state index in [9.17, 15) is 9.59 Å². The van der Waals surface area contributed by atoms with Crippen molar-refractivity contribution in [3.8, 4) is 0 Å². The maximum atomic E-state index is 12.0. The zero-order valence-corrected chi connectivity index (χ0v) is 13.5. The van der Waals surface area contributed by atoms with Crippen molar-refractivity contribution in [2.75, 3.05) is 6.54 Å². The number of unbranched alkanes of at least 4 members (excludes halogenated alkanes) is 8. The average molecular weight is 297 g/mol. The second-order valence-electron chi connectivity index (χ2n) is 6.16. The smallest absolute Gasteiger partial charge is 0.326 e. The van der Waals surface area contributed by atoms with E-state index < -0.39 is 12.0 Å². The van der Waals surface area contributed by atoms with Crippen molar-refractivity contribution < 1.29 is 14.7 Å². The van der Waals surface area contributed by atoms with Crippen molar-refractivity contribution in [3.05, 3.63) is 0 Å². The molecule has 1 N–H and O–H groups in total. The Kier molecular flexibility index (Phi) is 9.11. The summed E-state index contributed by atoms with van der Waals surface area (Å²) in [6.07, 6.45) is 13.0. The van der Waals surface area contributed by atoms with Crippen LogP contribution in [-0.2, 0) is 9.59 Å². The molecule has 0 radical (unpaired) electrons. The molecule has 0 bridgehead atoms. The lowest BCUT2D eigenvalue weighted by molar-refractivity contribution is -0.148. The molecule has 0 aromatic heterocycles. The molecule has 1 rings (SSSR count). The summed E-state index contributed by atoms with van der Waals surface area (Å²) in [5.74, 6) is -0.823. The minimum atomic E-state index is -0.854. The number of carbonyl (C=O) groups excluding carboxylic acids is 1. The predicted molar refractivity (Wildman–Crippen MR) is 84.2 cm³/mol. The van der Waals surface area contributed by atoms with Crippen LogP contribution in [0.5, 0.6) is 0 Å². The Labute approximate surface area is 128 Å². The van der Waals surface area contributed by atoms with Crippen LogP contribution < -0.4 is 0 Å². The number of hydrogen-bond acceptors (Lipinski definition) is 2. The zero-order chi connectivity index (χ0) is 15.5. The van der Waals surface area contributed by atoms with Gasteiger partial charge in [-0.25, -0.2) is 4.79 Å². The van der Waals surface area contributed by atoms with E-state index in [1.165, 1.54) is 44.9 Å². The lowest BCUT2D eigenvalue weighted by Crippen LogP contribution is -2.40. The van der Waals surface area contributed by atoms with E-state index in [2.05, 4.69) is 6.92 Å². The van der Waals surface area contributed by atoms with Gasteiger partial charge in [0.15, 0.2) is 0 Å². The van der Waals surface area contributed by atoms with Gasteiger partial charge in [0, 0.05) is 13.0 Å². The Bertz CT molecular complexity index is 317. The van der Waals surface area contributed by atoms with Crippen molar-refractivity contribution in [1.29, 1.82) is 0 Å². The van der Waals surface area contributed by atoms with Crippen molar-refractivity contribution in [2.45, 2.75) is 90.0 Å². The second-order valence-corrected chi connectivity index (χ2v) is 6.16. The molecule has 4 nitrogen and oxygen atoms in total. The van der Waals surface area contributed by atoms with Crippen molar-refractivity contribution in [1.82, 2.24) is 4.90 Å². The van der Waals surface area contributed by atoms with E-state index >= 15 is 0 Å². The predicted octanol–water partition coefficient (Wildman–Crippen LogP) is 3.98. The van der Waals surface area contributed by atoms with E-state index in [-0.39, 0.29) is 5.91 Å². The third-order valence-electron chi connectivity index (χ3n) is 4.35. The molecule has 122 valence electrons. The monoisotopic (exact) mass is 297 g/mol. The summed E-state index contributed by atoms with van der Waals surface area (Å²) in [7, 11) is 0. The number of rotatable bonds is 11. The van der Waals surface area contributed by atoms with Gasteiger partial charge in [0.1, 0.15) is 6.04 Å². The van der Waals surface area contributed by atoms with Gasteiger partial charge in [0.05, 0.1) is 0 Å². The SMILES string of the molecule is CCCCCCCCCCCC(=O)N1CCC[C@@H]1C(=O)O. The Morgan fingerprint density at radius 2 is 1.57 bits per heavy atom. The van der Waals surface area contributed by atoms with Crippen LogP contribution >= 0.6 is 0 Å². The molecule has 0 saturated carbocycles. The summed E-state index contributed by atoms with van der Waals surface area (Å²) in [5, 5.41) is 9.07. The summed E-state index contributed by atoms with van der Waals surface area (Å²) < 4.78 is 0. The number of nitrogens with zero attached hydrogens (tertiary/aromatic N) is 1. The van der Waals surface area contributed by atoms with Crippen molar-refractivity contribution >= 4 is 11.9 Å². The van der Waals surface area contributed by atoms with Crippen LogP contribution in [0.4, 0.5) is 0 Å². The number of amides is 1. The first-order valence-electron chi connectivity index (χ1n) is 8.69. The summed E-state index contributed by atoms with van der Waals surface area (Å²) in [4.78, 5) is 24.6. The van der Waals surface area contributed by atoms with Gasteiger partial charge in [-0.1, -0.05) is 58.3 Å². The van der Waals surface area contributed by atoms with E-state index in [1.807, 2.05) is 0 Å². The number of carboxylic acids is 1. The van der Waals surface area contributed by atoms with E-state index in [1.54, 1.807) is 4.90 Å². The van der Waals surface area contributed by atoms with Gasteiger partial charge >= 0.3 is 5.97 Å². The fraction of sp³-hybridized carbons (Fsp3) is 0.882. The Morgan fingerprint density at radius 1 is 1.00 bits per heavy atom. The molecule has 1 atom stereocenters. The van der Waals surface area contributed by atoms with E-state index in [4.69, 9.17) is 5.11 Å². The molecule has 0 spiro atoms. The third-order valence-corrected chi connectivity index (χ3v) is 4.35. The highest BCUT2D eigenvalue weighted by Gasteiger charge is 2.33. The van der Waals surface area contributed by atoms with Gasteiger partial charge < -0.3 is 10.0 Å². The van der Waals surface area contributed by atoms with Gasteiger partial charge in [-0.3, -0.25) is 4.79 Å². The highest BCUT2D eigenvalue weighted by Crippen LogP contribution is 2.19. The molecular weight excluding hydrogens is 266 g/mol. The molecule has 1 aliphatic heterocycles. The Hall–Kier alpha value is -1.06. The molecule has 1 fully saturated rings. The quantitative estimate of drug-likeness (QED) is 0.587. The number of hydrogen-bond donors (Lipinski definition) is 1. The first-order valence-corrected chi connectivity index (χ1v) is 8.69. The topological polar surface area (TPSA) is 57.6 Å². The van der Waals surface area contributed by atoms with Crippen LogP contribution in [0.1, 0.15) is 84.0 Å². The zero-order valence-electron chi connectivity index (χ0n) is 13.5. The molecule has 0 aliphatic carbocycles. The lowest BCUT2D eigenvalue weighted by atomic mass is 10.1. The fourth-order valence-corrected chi connectivity index (χ4v) is 3.05. The fourth-order valence-electron chi connectivity index (χ4n) is 3.05. The number of carbonyl (C=O) groups is 2. The molecule has 1 heterocycles. The first kappa shape index (κ1) is 18.0. The third kappa shape index (κ3) is 6.96. The molecule has 1 aliphatic rings. The van der Waals surface area contributed by atoms with Crippen molar-refractivity contribution in [2.24, 2.45) is 0 Å². The Morgan fingerprint density at radius 3 is 2.14 bits per heavy atom. The van der Waals surface area contributed by atoms with E-state index in [0.29, 0.717) is 19.4 Å². The van der Waals surface area contributed by atoms with Gasteiger partial charge in [0.2, 0.25) is 5.91 Å². The summed E-state index contributed by atoms with van der Waals surface area (Å²) >= 11 is 0. The minimum Gasteiger partial charge on any atom is -0.480 e. The summed E-state index contributed by atoms with van der Waals surface area (Å²) in [5.41, 5.74) is 0. The highest BCUT2D eigenvalue weighted by molar-refractivity contribution is 5.84. The van der Waals surface area contributed by atoms with Gasteiger partial charge in [-0.2, -0.15) is 0 Å². The number of aliphatic carboxylic acids is 1. The van der Waals surface area contributed by atoms with Crippen LogP contribution in [0.25, 0.3) is 0 Å². The summed E-state index contributed by atoms with van der Waals surface area (Å²) in [6, 6.07) is -0.573. The molecule has 0 unspecified atom stereocenters. The average Bonchev–Trinajstić information content (AvgIpc) is 2.95. The van der Waals surface area contributed by atoms with Crippen LogP contribution in [0.2, 0.25) is 0 Å². The van der Waals surface area contributed by atoms with Crippen molar-refractivity contribution in [3.63, 3.8) is 0 Å². The molecule has 1 saturated heterocycles. The van der Waals surface area contributed by atoms with E-state index in [0.717, 1.165) is 19.3 Å². The highest BCUT2D eigenvalue weighted by atomic mass is 16.4. The molecule has 4 heteroatoms. The molecule has 0 aromatic rings. The minimum absolute atomic E-state index is 0.0304. The number of carboxylic acid groups (broad SMARTS) is 1. The standard InChI is InChI=1S/C17H31NO3/c1-2-3-4-5-6-7-8-9-10-13-16(19)18-14-11-12-15(18)17(20)21/h15H,2-14H2,1H3,(H,20,21)/t15-/m1/s1. The van der Waals surface area contributed by atoms with Crippen LogP contribution in [0, 0.1) is 0 Å². The molecular formula is C17H31NO3. The number of likely N-dealkylation sites (tertiary alicyclic amines) is 1. The molecule has 21 heavy (non-hydrogen) atoms. The Balaban J connectivity index is 2.02. The summed E-state index contributed by atoms with van der Waals surface area (Å²) in [6.45, 7) is 2.85. The van der Waals surface area contributed by atoms with Gasteiger partial charge in [-0.15, -0.1) is 0 Å². The lowest BCUT2D eigenvalue weighted by Gasteiger charge is -2.21. The first-order chi connectivity index (χ1) is 10.2. The van der Waals surface area contributed by atoms with Crippen LogP contribution in [0.15, 0.2) is 0 Å². The van der Waals surface area contributed by atoms with Crippen LogP contribution in [-0.4, -0.2) is 34.5 Å². The normalized spacial score (nSPS) is 18.1. The van der Waals surface area contributed by atoms with Gasteiger partial charge in [0.25, 0.3) is 0 Å². The second kappa shape index (κ2) is 10.6. The molecule has 0 aromatic carbocycles. The maximum absolute atomic E-state index is 12.0. The maximum Gasteiger partial charge on any atom is 0.326 e. The largest absolute Gasteiger partial charge is 0.480 e.